The Kier molecular flexibility index (Phi) is 4.29. The number of hydrogen-bond acceptors (Lipinski definition) is 3. The first-order chi connectivity index (χ1) is 6.95. The third kappa shape index (κ3) is 3.58. The molecular formula is C12H22N2S. The Morgan fingerprint density at radius 1 is 1.47 bits per heavy atom. The molecule has 0 saturated carbocycles. The van der Waals surface area contributed by atoms with Crippen molar-refractivity contribution >= 4 is 11.3 Å². The molecule has 2 nitrogen and oxygen atoms in total. The number of rotatable bonds is 5. The third-order valence-corrected chi connectivity index (χ3v) is 3.62. The highest BCUT2D eigenvalue weighted by Crippen LogP contribution is 2.26. The summed E-state index contributed by atoms with van der Waals surface area (Å²) in [6, 6.07) is 0. The molecule has 0 bridgehead atoms. The van der Waals surface area contributed by atoms with E-state index in [0.29, 0.717) is 5.92 Å². The first-order valence-electron chi connectivity index (χ1n) is 5.55. The Balaban J connectivity index is 2.74. The minimum Gasteiger partial charge on any atom is -0.319 e. The molecule has 0 aliphatic rings. The van der Waals surface area contributed by atoms with Gasteiger partial charge < -0.3 is 5.32 Å². The molecule has 0 fully saturated rings. The molecule has 1 aromatic heterocycles. The lowest BCUT2D eigenvalue weighted by atomic mass is 9.94. The van der Waals surface area contributed by atoms with Gasteiger partial charge in [-0.15, -0.1) is 11.3 Å². The molecule has 0 radical (unpaired) electrons. The van der Waals surface area contributed by atoms with Crippen LogP contribution in [-0.4, -0.2) is 18.6 Å². The van der Waals surface area contributed by atoms with Crippen LogP contribution >= 0.6 is 11.3 Å². The summed E-state index contributed by atoms with van der Waals surface area (Å²) in [5.74, 6) is 0.687. The van der Waals surface area contributed by atoms with Gasteiger partial charge in [-0.2, -0.15) is 0 Å². The summed E-state index contributed by atoms with van der Waals surface area (Å²) in [5, 5.41) is 6.67. The van der Waals surface area contributed by atoms with Crippen LogP contribution in [-0.2, 0) is 11.8 Å². The van der Waals surface area contributed by atoms with Gasteiger partial charge in [0.2, 0.25) is 0 Å². The Morgan fingerprint density at radius 2 is 2.13 bits per heavy atom. The van der Waals surface area contributed by atoms with Crippen LogP contribution in [0.3, 0.4) is 0 Å². The highest BCUT2D eigenvalue weighted by atomic mass is 32.1. The van der Waals surface area contributed by atoms with E-state index in [9.17, 15) is 0 Å². The van der Waals surface area contributed by atoms with Crippen LogP contribution in [0.4, 0.5) is 0 Å². The number of nitrogens with zero attached hydrogens (tertiary/aromatic N) is 1. The minimum absolute atomic E-state index is 0.147. The number of nitrogens with one attached hydrogen (secondary N) is 1. The molecule has 1 heterocycles. The Labute approximate surface area is 97.1 Å². The second-order valence-electron chi connectivity index (χ2n) is 5.16. The molecule has 0 aliphatic carbocycles. The van der Waals surface area contributed by atoms with Gasteiger partial charge in [0.15, 0.2) is 0 Å². The summed E-state index contributed by atoms with van der Waals surface area (Å²) in [5.41, 5.74) is 1.39. The first kappa shape index (κ1) is 12.7. The number of likely N-dealkylation sites (N-methyl/N-ethyl adjacent to an activating group) is 1. The largest absolute Gasteiger partial charge is 0.319 e. The van der Waals surface area contributed by atoms with Crippen molar-refractivity contribution in [2.24, 2.45) is 5.92 Å². The summed E-state index contributed by atoms with van der Waals surface area (Å²) in [6.45, 7) is 9.92. The van der Waals surface area contributed by atoms with Gasteiger partial charge in [0.05, 0.1) is 10.7 Å². The van der Waals surface area contributed by atoms with Crippen molar-refractivity contribution in [2.75, 3.05) is 13.6 Å². The number of aromatic nitrogens is 1. The lowest BCUT2D eigenvalue weighted by Gasteiger charge is -2.21. The average molecular weight is 226 g/mol. The highest BCUT2D eigenvalue weighted by molar-refractivity contribution is 7.09. The fourth-order valence-corrected chi connectivity index (χ4v) is 2.61. The summed E-state index contributed by atoms with van der Waals surface area (Å²) in [4.78, 5) is 4.72. The van der Waals surface area contributed by atoms with E-state index in [1.165, 1.54) is 10.7 Å². The Hall–Kier alpha value is -0.410. The van der Waals surface area contributed by atoms with Gasteiger partial charge >= 0.3 is 0 Å². The van der Waals surface area contributed by atoms with Gasteiger partial charge in [0, 0.05) is 17.3 Å². The van der Waals surface area contributed by atoms with E-state index < -0.39 is 0 Å². The van der Waals surface area contributed by atoms with E-state index in [1.807, 2.05) is 7.05 Å². The van der Waals surface area contributed by atoms with Crippen molar-refractivity contribution in [1.82, 2.24) is 10.3 Å². The molecule has 86 valence electrons. The fourth-order valence-electron chi connectivity index (χ4n) is 1.65. The van der Waals surface area contributed by atoms with Gasteiger partial charge in [0.1, 0.15) is 0 Å². The van der Waals surface area contributed by atoms with Crippen molar-refractivity contribution in [3.63, 3.8) is 0 Å². The molecular weight excluding hydrogens is 204 g/mol. The molecule has 0 aromatic carbocycles. The molecule has 0 atom stereocenters. The van der Waals surface area contributed by atoms with E-state index in [4.69, 9.17) is 4.98 Å². The molecule has 0 unspecified atom stereocenters. The van der Waals surface area contributed by atoms with E-state index in [2.05, 4.69) is 38.4 Å². The molecule has 1 rings (SSSR count). The van der Waals surface area contributed by atoms with Gasteiger partial charge in [-0.1, -0.05) is 27.7 Å². The third-order valence-electron chi connectivity index (χ3n) is 2.37. The Bertz CT molecular complexity index is 302. The molecule has 15 heavy (non-hydrogen) atoms. The number of thiazole rings is 1. The van der Waals surface area contributed by atoms with Crippen molar-refractivity contribution in [3.8, 4) is 0 Å². The van der Waals surface area contributed by atoms with Crippen molar-refractivity contribution in [3.05, 3.63) is 16.1 Å². The van der Waals surface area contributed by atoms with Gasteiger partial charge in [0.25, 0.3) is 0 Å². The van der Waals surface area contributed by atoms with Crippen LogP contribution in [0.2, 0.25) is 0 Å². The van der Waals surface area contributed by atoms with Crippen molar-refractivity contribution in [1.29, 1.82) is 0 Å². The molecule has 1 N–H and O–H groups in total. The van der Waals surface area contributed by atoms with E-state index in [1.54, 1.807) is 11.3 Å². The van der Waals surface area contributed by atoms with E-state index in [0.717, 1.165) is 13.0 Å². The first-order valence-corrected chi connectivity index (χ1v) is 6.43. The molecule has 0 spiro atoms. The molecule has 0 aliphatic heterocycles. The maximum Gasteiger partial charge on any atom is 0.0997 e. The van der Waals surface area contributed by atoms with Crippen LogP contribution in [0.5, 0.6) is 0 Å². The zero-order chi connectivity index (χ0) is 11.5. The predicted molar refractivity (Wildman–Crippen MR) is 67.6 cm³/mol. The standard InChI is InChI=1S/C12H22N2S/c1-9(2)6-10-7-15-11(14-10)12(3,4)8-13-5/h7,9,13H,6,8H2,1-5H3. The second-order valence-corrected chi connectivity index (χ2v) is 6.01. The Morgan fingerprint density at radius 3 is 2.67 bits per heavy atom. The van der Waals surface area contributed by atoms with E-state index >= 15 is 0 Å². The maximum atomic E-state index is 4.72. The quantitative estimate of drug-likeness (QED) is 0.835. The van der Waals surface area contributed by atoms with E-state index in [-0.39, 0.29) is 5.41 Å². The predicted octanol–water partition coefficient (Wildman–Crippen LogP) is 2.84. The topological polar surface area (TPSA) is 24.9 Å². The lowest BCUT2D eigenvalue weighted by molar-refractivity contribution is 0.489. The fraction of sp³-hybridized carbons (Fsp3) is 0.750. The van der Waals surface area contributed by atoms with Crippen molar-refractivity contribution in [2.45, 2.75) is 39.5 Å². The van der Waals surface area contributed by atoms with Crippen LogP contribution < -0.4 is 5.32 Å². The highest BCUT2D eigenvalue weighted by Gasteiger charge is 2.23. The van der Waals surface area contributed by atoms with Gasteiger partial charge in [-0.05, 0) is 19.4 Å². The van der Waals surface area contributed by atoms with Gasteiger partial charge in [-0.25, -0.2) is 4.98 Å². The monoisotopic (exact) mass is 226 g/mol. The van der Waals surface area contributed by atoms with Crippen molar-refractivity contribution < 1.29 is 0 Å². The van der Waals surface area contributed by atoms with Crippen LogP contribution in [0.1, 0.15) is 38.4 Å². The normalized spacial score (nSPS) is 12.4. The maximum absolute atomic E-state index is 4.72. The molecule has 1 aromatic rings. The molecule has 3 heteroatoms. The molecule has 0 saturated heterocycles. The summed E-state index contributed by atoms with van der Waals surface area (Å²) in [6.07, 6.45) is 1.09. The summed E-state index contributed by atoms with van der Waals surface area (Å²) >= 11 is 1.79. The van der Waals surface area contributed by atoms with Crippen LogP contribution in [0.25, 0.3) is 0 Å². The average Bonchev–Trinajstić information content (AvgIpc) is 2.51. The zero-order valence-electron chi connectivity index (χ0n) is 10.4. The SMILES string of the molecule is CNCC(C)(C)c1nc(CC(C)C)cs1. The lowest BCUT2D eigenvalue weighted by Crippen LogP contribution is -2.30. The zero-order valence-corrected chi connectivity index (χ0v) is 11.2. The minimum atomic E-state index is 0.147. The summed E-state index contributed by atoms with van der Waals surface area (Å²) in [7, 11) is 1.99. The van der Waals surface area contributed by atoms with Gasteiger partial charge in [-0.3, -0.25) is 0 Å². The number of hydrogen-bond donors (Lipinski definition) is 1. The van der Waals surface area contributed by atoms with Crippen LogP contribution in [0.15, 0.2) is 5.38 Å². The second kappa shape index (κ2) is 5.08. The summed E-state index contributed by atoms with van der Waals surface area (Å²) < 4.78 is 0. The van der Waals surface area contributed by atoms with Crippen LogP contribution in [0, 0.1) is 5.92 Å². The molecule has 0 amide bonds. The smallest absolute Gasteiger partial charge is 0.0997 e.